The number of rotatable bonds is 9. The molecule has 0 unspecified atom stereocenters. The molecule has 1 aliphatic rings. The van der Waals surface area contributed by atoms with Gasteiger partial charge in [-0.3, -0.25) is 4.79 Å². The van der Waals surface area contributed by atoms with Crippen molar-refractivity contribution in [3.8, 4) is 17.2 Å². The number of Topliss-reactive ketones (excluding diaryl/α,β-unsaturated/α-hetero) is 2. The molecule has 0 saturated heterocycles. The number of hydrogen-bond donors (Lipinski definition) is 0. The molecule has 27 heavy (non-hydrogen) atoms. The van der Waals surface area contributed by atoms with Gasteiger partial charge in [0.05, 0.1) is 21.3 Å². The van der Waals surface area contributed by atoms with Crippen LogP contribution in [0.1, 0.15) is 51.0 Å². The van der Waals surface area contributed by atoms with Gasteiger partial charge in [-0.25, -0.2) is 0 Å². The van der Waals surface area contributed by atoms with Crippen molar-refractivity contribution in [2.75, 3.05) is 21.3 Å². The summed E-state index contributed by atoms with van der Waals surface area (Å²) in [6.45, 7) is 5.71. The molecule has 0 heterocycles. The number of methoxy groups -OCH3 is 3. The first-order chi connectivity index (χ1) is 12.9. The zero-order valence-electron chi connectivity index (χ0n) is 16.6. The molecule has 0 aromatic heterocycles. The van der Waals surface area contributed by atoms with Gasteiger partial charge in [-0.15, -0.1) is 0 Å². The molecule has 0 saturated carbocycles. The van der Waals surface area contributed by atoms with Gasteiger partial charge in [-0.05, 0) is 49.5 Å². The molecule has 5 nitrogen and oxygen atoms in total. The van der Waals surface area contributed by atoms with Gasteiger partial charge in [0.25, 0.3) is 0 Å². The minimum absolute atomic E-state index is 0.161. The van der Waals surface area contributed by atoms with Crippen molar-refractivity contribution >= 4 is 17.1 Å². The molecular weight excluding hydrogens is 344 g/mol. The summed E-state index contributed by atoms with van der Waals surface area (Å²) in [5.74, 6) is 2.03. The Morgan fingerprint density at radius 1 is 1.04 bits per heavy atom. The van der Waals surface area contributed by atoms with E-state index >= 15 is 0 Å². The average Bonchev–Trinajstić information content (AvgIpc) is 2.66. The Morgan fingerprint density at radius 2 is 1.67 bits per heavy atom. The number of carbonyl (C=O) groups excluding carboxylic acids is 2. The lowest BCUT2D eigenvalue weighted by atomic mass is 9.83. The van der Waals surface area contributed by atoms with Gasteiger partial charge in [0.1, 0.15) is 11.6 Å². The Bertz CT molecular complexity index is 748. The first-order valence-corrected chi connectivity index (χ1v) is 9.08. The highest BCUT2D eigenvalue weighted by molar-refractivity contribution is 5.94. The third-order valence-corrected chi connectivity index (χ3v) is 4.81. The second-order valence-electron chi connectivity index (χ2n) is 6.84. The quantitative estimate of drug-likeness (QED) is 0.596. The van der Waals surface area contributed by atoms with Gasteiger partial charge >= 0.3 is 0 Å². The predicted octanol–water partition coefficient (Wildman–Crippen LogP) is 4.53. The zero-order valence-corrected chi connectivity index (χ0v) is 16.6. The molecule has 146 valence electrons. The molecule has 0 aliphatic heterocycles. The molecule has 5 heteroatoms. The lowest BCUT2D eigenvalue weighted by molar-refractivity contribution is -0.118. The second-order valence-corrected chi connectivity index (χ2v) is 6.84. The van der Waals surface area contributed by atoms with Crippen LogP contribution in [0.15, 0.2) is 29.9 Å². The summed E-state index contributed by atoms with van der Waals surface area (Å²) in [4.78, 5) is 23.4. The molecule has 1 aliphatic carbocycles. The monoisotopic (exact) mass is 372 g/mol. The minimum atomic E-state index is 0.161. The van der Waals surface area contributed by atoms with E-state index in [1.807, 2.05) is 12.1 Å². The molecule has 2 rings (SSSR count). The molecule has 0 atom stereocenters. The van der Waals surface area contributed by atoms with E-state index in [-0.39, 0.29) is 11.6 Å². The van der Waals surface area contributed by atoms with Crippen LogP contribution in [-0.4, -0.2) is 32.9 Å². The van der Waals surface area contributed by atoms with Gasteiger partial charge in [0.15, 0.2) is 11.5 Å². The Hall–Kier alpha value is -2.56. The summed E-state index contributed by atoms with van der Waals surface area (Å²) in [7, 11) is 4.71. The second kappa shape index (κ2) is 9.40. The number of hydrogen-bond acceptors (Lipinski definition) is 5. The normalized spacial score (nSPS) is 14.1. The lowest BCUT2D eigenvalue weighted by Crippen LogP contribution is -2.10. The van der Waals surface area contributed by atoms with Gasteiger partial charge in [0.2, 0.25) is 5.75 Å². The van der Waals surface area contributed by atoms with E-state index in [0.717, 1.165) is 16.7 Å². The SMILES string of the molecule is C=C(CCC(C)=O)CC1=C(c2cc(OC)c(OC)c(OC)c2)CC(=O)CC1. The van der Waals surface area contributed by atoms with Crippen molar-refractivity contribution in [3.05, 3.63) is 35.4 Å². The van der Waals surface area contributed by atoms with Crippen LogP contribution in [0, 0.1) is 0 Å². The predicted molar refractivity (Wildman–Crippen MR) is 106 cm³/mol. The van der Waals surface area contributed by atoms with Crippen LogP contribution in [0.2, 0.25) is 0 Å². The third kappa shape index (κ3) is 5.22. The van der Waals surface area contributed by atoms with Crippen LogP contribution in [0.5, 0.6) is 17.2 Å². The van der Waals surface area contributed by atoms with Crippen molar-refractivity contribution in [2.24, 2.45) is 0 Å². The maximum atomic E-state index is 12.1. The molecule has 1 aromatic carbocycles. The first kappa shape index (κ1) is 20.7. The van der Waals surface area contributed by atoms with Crippen molar-refractivity contribution in [2.45, 2.75) is 45.4 Å². The van der Waals surface area contributed by atoms with E-state index in [0.29, 0.717) is 55.8 Å². The molecule has 0 radical (unpaired) electrons. The summed E-state index contributed by atoms with van der Waals surface area (Å²) in [5, 5.41) is 0. The Labute approximate surface area is 161 Å². The van der Waals surface area contributed by atoms with Crippen LogP contribution in [0.3, 0.4) is 0 Å². The number of allylic oxidation sites excluding steroid dienone is 3. The number of benzene rings is 1. The van der Waals surface area contributed by atoms with Crippen LogP contribution in [-0.2, 0) is 9.59 Å². The highest BCUT2D eigenvalue weighted by Gasteiger charge is 2.23. The van der Waals surface area contributed by atoms with E-state index < -0.39 is 0 Å². The minimum Gasteiger partial charge on any atom is -0.493 e. The maximum Gasteiger partial charge on any atom is 0.203 e. The molecule has 0 fully saturated rings. The fraction of sp³-hybridized carbons (Fsp3) is 0.455. The van der Waals surface area contributed by atoms with Crippen LogP contribution >= 0.6 is 0 Å². The topological polar surface area (TPSA) is 61.8 Å². The summed E-state index contributed by atoms with van der Waals surface area (Å²) in [6.07, 6.45) is 3.52. The number of carbonyl (C=O) groups is 2. The highest BCUT2D eigenvalue weighted by atomic mass is 16.5. The van der Waals surface area contributed by atoms with Gasteiger partial charge in [-0.1, -0.05) is 17.7 Å². The molecule has 0 spiro atoms. The van der Waals surface area contributed by atoms with Gasteiger partial charge < -0.3 is 19.0 Å². The fourth-order valence-electron chi connectivity index (χ4n) is 3.35. The molecule has 1 aromatic rings. The first-order valence-electron chi connectivity index (χ1n) is 9.08. The van der Waals surface area contributed by atoms with Crippen molar-refractivity contribution in [1.82, 2.24) is 0 Å². The van der Waals surface area contributed by atoms with Crippen LogP contribution in [0.25, 0.3) is 5.57 Å². The highest BCUT2D eigenvalue weighted by Crippen LogP contribution is 2.43. The van der Waals surface area contributed by atoms with Gasteiger partial charge in [-0.2, -0.15) is 0 Å². The molecular formula is C22H28O5. The maximum absolute atomic E-state index is 12.1. The van der Waals surface area contributed by atoms with Crippen molar-refractivity contribution in [3.63, 3.8) is 0 Å². The Balaban J connectivity index is 2.43. The van der Waals surface area contributed by atoms with E-state index in [9.17, 15) is 9.59 Å². The Morgan fingerprint density at radius 3 is 2.19 bits per heavy atom. The van der Waals surface area contributed by atoms with Crippen molar-refractivity contribution < 1.29 is 23.8 Å². The zero-order chi connectivity index (χ0) is 20.0. The smallest absolute Gasteiger partial charge is 0.203 e. The summed E-state index contributed by atoms with van der Waals surface area (Å²) in [5.41, 5.74) is 4.10. The Kier molecular flexibility index (Phi) is 7.22. The van der Waals surface area contributed by atoms with E-state index in [2.05, 4.69) is 6.58 Å². The van der Waals surface area contributed by atoms with Crippen LogP contribution in [0.4, 0.5) is 0 Å². The number of ketones is 2. The van der Waals surface area contributed by atoms with E-state index in [1.54, 1.807) is 28.3 Å². The standard InChI is InChI=1S/C22H28O5/c1-14(6-7-15(2)23)10-16-8-9-18(24)13-19(16)17-11-20(25-3)22(27-5)21(12-17)26-4/h11-12H,1,6-10,13H2,2-5H3. The summed E-state index contributed by atoms with van der Waals surface area (Å²) in [6, 6.07) is 3.77. The van der Waals surface area contributed by atoms with Crippen LogP contribution < -0.4 is 14.2 Å². The average molecular weight is 372 g/mol. The number of ether oxygens (including phenoxy) is 3. The molecule has 0 N–H and O–H groups in total. The molecule has 0 bridgehead atoms. The largest absolute Gasteiger partial charge is 0.493 e. The van der Waals surface area contributed by atoms with Crippen molar-refractivity contribution in [1.29, 1.82) is 0 Å². The lowest BCUT2D eigenvalue weighted by Gasteiger charge is -2.22. The molecule has 0 amide bonds. The fourth-order valence-corrected chi connectivity index (χ4v) is 3.35. The van der Waals surface area contributed by atoms with E-state index in [1.165, 1.54) is 5.57 Å². The van der Waals surface area contributed by atoms with Gasteiger partial charge in [0, 0.05) is 19.3 Å². The summed E-state index contributed by atoms with van der Waals surface area (Å²) >= 11 is 0. The van der Waals surface area contributed by atoms with E-state index in [4.69, 9.17) is 14.2 Å². The summed E-state index contributed by atoms with van der Waals surface area (Å²) < 4.78 is 16.3. The third-order valence-electron chi connectivity index (χ3n) is 4.81.